The van der Waals surface area contributed by atoms with Crippen molar-refractivity contribution >= 4 is 35.1 Å². The number of aliphatic carboxylic acids is 1. The highest BCUT2D eigenvalue weighted by Crippen LogP contribution is 2.25. The zero-order valence-corrected chi connectivity index (χ0v) is 13.1. The fraction of sp³-hybridized carbons (Fsp3) is 0.385. The number of rotatable bonds is 6. The maximum Gasteiger partial charge on any atom is 0.323 e. The molecule has 1 N–H and O–H groups in total. The highest BCUT2D eigenvalue weighted by Gasteiger charge is 2.22. The van der Waals surface area contributed by atoms with Crippen LogP contribution in [0.2, 0.25) is 10.0 Å². The van der Waals surface area contributed by atoms with E-state index in [1.165, 1.54) is 0 Å². The van der Waals surface area contributed by atoms with Gasteiger partial charge in [-0.15, -0.1) is 0 Å². The second kappa shape index (κ2) is 7.59. The highest BCUT2D eigenvalue weighted by molar-refractivity contribution is 6.36. The molecule has 1 aromatic rings. The Morgan fingerprint density at radius 3 is 2.33 bits per heavy atom. The van der Waals surface area contributed by atoms with Crippen molar-refractivity contribution in [2.45, 2.75) is 0 Å². The molecule has 1 amide bonds. The summed E-state index contributed by atoms with van der Waals surface area (Å²) >= 11 is 11.5. The van der Waals surface area contributed by atoms with Crippen molar-refractivity contribution in [2.75, 3.05) is 33.7 Å². The number of benzene rings is 1. The van der Waals surface area contributed by atoms with Crippen molar-refractivity contribution in [1.29, 1.82) is 0 Å². The van der Waals surface area contributed by atoms with Crippen LogP contribution in [-0.2, 0) is 4.79 Å². The van der Waals surface area contributed by atoms with Crippen molar-refractivity contribution in [3.8, 4) is 0 Å². The molecule has 0 radical (unpaired) electrons. The van der Waals surface area contributed by atoms with E-state index in [4.69, 9.17) is 28.3 Å². The SMILES string of the molecule is CN(C)CCN(CC(=O)O)C(=O)c1cc(F)c(Cl)cc1Cl. The minimum Gasteiger partial charge on any atom is -0.480 e. The molecule has 5 nitrogen and oxygen atoms in total. The van der Waals surface area contributed by atoms with Gasteiger partial charge in [0, 0.05) is 13.1 Å². The lowest BCUT2D eigenvalue weighted by Crippen LogP contribution is -2.40. The third-order valence-electron chi connectivity index (χ3n) is 2.67. The van der Waals surface area contributed by atoms with Crippen LogP contribution in [-0.4, -0.2) is 60.5 Å². The number of amides is 1. The predicted molar refractivity (Wildman–Crippen MR) is 78.5 cm³/mol. The maximum absolute atomic E-state index is 13.5. The molecule has 0 spiro atoms. The summed E-state index contributed by atoms with van der Waals surface area (Å²) in [5.41, 5.74) is -0.112. The smallest absolute Gasteiger partial charge is 0.323 e. The Bertz CT molecular complexity index is 552. The summed E-state index contributed by atoms with van der Waals surface area (Å²) in [6.07, 6.45) is 0. The molecule has 0 fully saturated rings. The topological polar surface area (TPSA) is 60.9 Å². The molecule has 0 aliphatic heterocycles. The van der Waals surface area contributed by atoms with Crippen LogP contribution < -0.4 is 0 Å². The molecule has 8 heteroatoms. The fourth-order valence-corrected chi connectivity index (χ4v) is 2.06. The van der Waals surface area contributed by atoms with Crippen molar-refractivity contribution in [1.82, 2.24) is 9.80 Å². The summed E-state index contributed by atoms with van der Waals surface area (Å²) in [6, 6.07) is 2.04. The summed E-state index contributed by atoms with van der Waals surface area (Å²) in [7, 11) is 3.58. The normalized spacial score (nSPS) is 10.8. The zero-order valence-electron chi connectivity index (χ0n) is 11.6. The number of carboxylic acid groups (broad SMARTS) is 1. The van der Waals surface area contributed by atoms with Crippen LogP contribution in [0.25, 0.3) is 0 Å². The Morgan fingerprint density at radius 2 is 1.81 bits per heavy atom. The van der Waals surface area contributed by atoms with Gasteiger partial charge in [-0.25, -0.2) is 4.39 Å². The van der Waals surface area contributed by atoms with Gasteiger partial charge in [0.15, 0.2) is 0 Å². The van der Waals surface area contributed by atoms with Gasteiger partial charge in [0.1, 0.15) is 12.4 Å². The Kier molecular flexibility index (Phi) is 6.39. The molecule has 0 unspecified atom stereocenters. The lowest BCUT2D eigenvalue weighted by Gasteiger charge is -2.23. The fourth-order valence-electron chi connectivity index (χ4n) is 1.59. The molecule has 21 heavy (non-hydrogen) atoms. The van der Waals surface area contributed by atoms with Gasteiger partial charge >= 0.3 is 5.97 Å². The number of likely N-dealkylation sites (N-methyl/N-ethyl adjacent to an activating group) is 1. The van der Waals surface area contributed by atoms with Crippen LogP contribution in [0.4, 0.5) is 4.39 Å². The quantitative estimate of drug-likeness (QED) is 0.809. The number of nitrogens with zero attached hydrogens (tertiary/aromatic N) is 2. The minimum absolute atomic E-state index is 0.0216. The van der Waals surface area contributed by atoms with E-state index in [2.05, 4.69) is 0 Å². The second-order valence-corrected chi connectivity index (χ2v) is 5.48. The van der Waals surface area contributed by atoms with E-state index in [-0.39, 0.29) is 22.2 Å². The van der Waals surface area contributed by atoms with Gasteiger partial charge in [-0.1, -0.05) is 23.2 Å². The minimum atomic E-state index is -1.16. The molecule has 0 saturated carbocycles. The number of carbonyl (C=O) groups is 2. The highest BCUT2D eigenvalue weighted by atomic mass is 35.5. The molecule has 0 aromatic heterocycles. The van der Waals surface area contributed by atoms with Gasteiger partial charge in [-0.05, 0) is 26.2 Å². The van der Waals surface area contributed by atoms with Gasteiger partial charge < -0.3 is 14.9 Å². The molecule has 1 aromatic carbocycles. The lowest BCUT2D eigenvalue weighted by atomic mass is 10.2. The number of hydrogen-bond acceptors (Lipinski definition) is 3. The Hall–Kier alpha value is -1.37. The van der Waals surface area contributed by atoms with Crippen LogP contribution in [0.15, 0.2) is 12.1 Å². The van der Waals surface area contributed by atoms with Gasteiger partial charge in [-0.3, -0.25) is 9.59 Å². The van der Waals surface area contributed by atoms with Crippen molar-refractivity contribution in [3.05, 3.63) is 33.6 Å². The van der Waals surface area contributed by atoms with Crippen molar-refractivity contribution in [2.24, 2.45) is 0 Å². The molecular weight excluding hydrogens is 322 g/mol. The molecule has 116 valence electrons. The summed E-state index contributed by atoms with van der Waals surface area (Å²) < 4.78 is 13.5. The summed E-state index contributed by atoms with van der Waals surface area (Å²) in [4.78, 5) is 26.1. The van der Waals surface area contributed by atoms with Crippen LogP contribution in [0.5, 0.6) is 0 Å². The average Bonchev–Trinajstić information content (AvgIpc) is 2.37. The lowest BCUT2D eigenvalue weighted by molar-refractivity contribution is -0.137. The molecule has 0 aliphatic carbocycles. The zero-order chi connectivity index (χ0) is 16.2. The summed E-state index contributed by atoms with van der Waals surface area (Å²) in [5, 5.41) is 8.66. The van der Waals surface area contributed by atoms with Crippen molar-refractivity contribution in [3.63, 3.8) is 0 Å². The first-order valence-corrected chi connectivity index (χ1v) is 6.78. The Labute approximate surface area is 131 Å². The molecule has 0 atom stereocenters. The predicted octanol–water partition coefficient (Wildman–Crippen LogP) is 2.22. The van der Waals surface area contributed by atoms with Gasteiger partial charge in [0.25, 0.3) is 5.91 Å². The van der Waals surface area contributed by atoms with Crippen LogP contribution in [0.3, 0.4) is 0 Å². The number of carboxylic acids is 1. The number of hydrogen-bond donors (Lipinski definition) is 1. The third kappa shape index (κ3) is 5.15. The van der Waals surface area contributed by atoms with Crippen LogP contribution in [0, 0.1) is 5.82 Å². The Balaban J connectivity index is 3.04. The molecule has 0 heterocycles. The third-order valence-corrected chi connectivity index (χ3v) is 3.27. The van der Waals surface area contributed by atoms with E-state index in [1.54, 1.807) is 19.0 Å². The number of carbonyl (C=O) groups excluding carboxylic acids is 1. The number of halogens is 3. The summed E-state index contributed by atoms with van der Waals surface area (Å²) in [5.74, 6) is -2.60. The first-order chi connectivity index (χ1) is 9.72. The van der Waals surface area contributed by atoms with Gasteiger partial charge in [0.05, 0.1) is 15.6 Å². The first kappa shape index (κ1) is 17.7. The largest absolute Gasteiger partial charge is 0.480 e. The van der Waals surface area contributed by atoms with E-state index < -0.39 is 24.2 Å². The van der Waals surface area contributed by atoms with E-state index >= 15 is 0 Å². The molecule has 1 rings (SSSR count). The molecular formula is C13H15Cl2FN2O3. The van der Waals surface area contributed by atoms with Crippen LogP contribution >= 0.6 is 23.2 Å². The van der Waals surface area contributed by atoms with Crippen LogP contribution in [0.1, 0.15) is 10.4 Å². The van der Waals surface area contributed by atoms with E-state index in [0.717, 1.165) is 17.0 Å². The molecule has 0 aliphatic rings. The molecule has 0 bridgehead atoms. The van der Waals surface area contributed by atoms with Crippen molar-refractivity contribution < 1.29 is 19.1 Å². The monoisotopic (exact) mass is 336 g/mol. The Morgan fingerprint density at radius 1 is 1.19 bits per heavy atom. The average molecular weight is 337 g/mol. The first-order valence-electron chi connectivity index (χ1n) is 6.02. The summed E-state index contributed by atoms with van der Waals surface area (Å²) in [6.45, 7) is 0.151. The second-order valence-electron chi connectivity index (χ2n) is 4.67. The maximum atomic E-state index is 13.5. The molecule has 0 saturated heterocycles. The van der Waals surface area contributed by atoms with E-state index in [1.807, 2.05) is 0 Å². The standard InChI is InChI=1S/C13H15Cl2FN2O3/c1-17(2)3-4-18(7-12(19)20)13(21)8-5-11(16)10(15)6-9(8)14/h5-6H,3-4,7H2,1-2H3,(H,19,20). The van der Waals surface area contributed by atoms with E-state index in [0.29, 0.717) is 6.54 Å². The van der Waals surface area contributed by atoms with Gasteiger partial charge in [-0.2, -0.15) is 0 Å². The van der Waals surface area contributed by atoms with E-state index in [9.17, 15) is 14.0 Å². The van der Waals surface area contributed by atoms with Gasteiger partial charge in [0.2, 0.25) is 0 Å².